The van der Waals surface area contributed by atoms with Gasteiger partial charge in [-0.25, -0.2) is 0 Å². The Morgan fingerprint density at radius 2 is 0.852 bits per heavy atom. The number of fused-ring (bicyclic) bond motifs is 13. The quantitative estimate of drug-likeness (QED) is 0.167. The van der Waals surface area contributed by atoms with Crippen LogP contribution in [0.4, 0.5) is 0 Å². The van der Waals surface area contributed by atoms with Gasteiger partial charge in [-0.1, -0.05) is 146 Å². The average molecular weight is 793 g/mol. The summed E-state index contributed by atoms with van der Waals surface area (Å²) in [6, 6.07) is 71.0. The lowest BCUT2D eigenvalue weighted by Crippen LogP contribution is -1.91. The molecule has 14 aromatic rings. The number of benzene rings is 11. The van der Waals surface area contributed by atoms with Crippen molar-refractivity contribution < 1.29 is 8.83 Å². The van der Waals surface area contributed by atoms with E-state index in [1.165, 1.54) is 96.6 Å². The van der Waals surface area contributed by atoms with Gasteiger partial charge in [0.15, 0.2) is 0 Å². The third-order valence-corrected chi connectivity index (χ3v) is 14.2. The second-order valence-electron chi connectivity index (χ2n) is 16.3. The van der Waals surface area contributed by atoms with E-state index < -0.39 is 0 Å². The summed E-state index contributed by atoms with van der Waals surface area (Å²) in [4.78, 5) is 0. The molecule has 0 saturated carbocycles. The van der Waals surface area contributed by atoms with Crippen LogP contribution in [0, 0.1) is 0 Å². The van der Waals surface area contributed by atoms with E-state index in [0.29, 0.717) is 0 Å². The predicted octanol–water partition coefficient (Wildman–Crippen LogP) is 17.5. The van der Waals surface area contributed by atoms with Crippen molar-refractivity contribution in [3.63, 3.8) is 0 Å². The Morgan fingerprint density at radius 1 is 0.262 bits per heavy atom. The molecule has 61 heavy (non-hydrogen) atoms. The molecule has 0 atom stereocenters. The third kappa shape index (κ3) is 4.78. The molecule has 0 N–H and O–H groups in total. The summed E-state index contributed by atoms with van der Waals surface area (Å²) in [5, 5.41) is 17.0. The maximum atomic E-state index is 6.56. The molecule has 2 nitrogen and oxygen atoms in total. The smallest absolute Gasteiger partial charge is 0.139 e. The molecule has 11 aromatic carbocycles. The van der Waals surface area contributed by atoms with E-state index in [9.17, 15) is 0 Å². The van der Waals surface area contributed by atoms with Gasteiger partial charge in [0.1, 0.15) is 22.3 Å². The van der Waals surface area contributed by atoms with Gasteiger partial charge in [0, 0.05) is 47.8 Å². The Morgan fingerprint density at radius 3 is 1.66 bits per heavy atom. The fraction of sp³-hybridized carbons (Fsp3) is 0. The summed E-state index contributed by atoms with van der Waals surface area (Å²) in [5.41, 5.74) is 10.9. The molecule has 0 fully saturated rings. The molecule has 0 aliphatic heterocycles. The first-order valence-corrected chi connectivity index (χ1v) is 21.6. The molecule has 3 heteroatoms. The monoisotopic (exact) mass is 792 g/mol. The fourth-order valence-corrected chi connectivity index (χ4v) is 11.4. The number of thiophene rings is 1. The standard InChI is InChI=1S/C58H32O2S/c1-2-14-37-33(11-1)12-9-21-41(37)58-44-18-5-3-16-42(44)57(43-17-4-6-19-45(43)58)36-23-25-40-50-28-35(24-26-55(50)61-56(40)29-36)38-20-10-13-34-27-47-49-30-48-39-15-7-8-22-51(39)59-53(48)32-54(49)60-52(47)31-46(34)38/h1-32H. The molecule has 0 bridgehead atoms. The molecule has 282 valence electrons. The van der Waals surface area contributed by atoms with Crippen LogP contribution in [-0.4, -0.2) is 0 Å². The minimum Gasteiger partial charge on any atom is -0.456 e. The van der Waals surface area contributed by atoms with Crippen LogP contribution < -0.4 is 0 Å². The molecule has 0 aliphatic carbocycles. The van der Waals surface area contributed by atoms with Gasteiger partial charge in [-0.05, 0) is 119 Å². The van der Waals surface area contributed by atoms with Gasteiger partial charge in [-0.3, -0.25) is 0 Å². The molecule has 0 amide bonds. The van der Waals surface area contributed by atoms with Crippen LogP contribution >= 0.6 is 11.3 Å². The van der Waals surface area contributed by atoms with Crippen molar-refractivity contribution in [2.45, 2.75) is 0 Å². The summed E-state index contributed by atoms with van der Waals surface area (Å²) in [7, 11) is 0. The van der Waals surface area contributed by atoms with Crippen LogP contribution in [0.1, 0.15) is 0 Å². The lowest BCUT2D eigenvalue weighted by atomic mass is 9.84. The van der Waals surface area contributed by atoms with Crippen LogP contribution in [0.2, 0.25) is 0 Å². The Kier molecular flexibility index (Phi) is 6.74. The van der Waals surface area contributed by atoms with Crippen LogP contribution in [0.5, 0.6) is 0 Å². The zero-order valence-electron chi connectivity index (χ0n) is 32.7. The van der Waals surface area contributed by atoms with E-state index >= 15 is 0 Å². The van der Waals surface area contributed by atoms with E-state index in [1.807, 2.05) is 29.5 Å². The van der Waals surface area contributed by atoms with Crippen molar-refractivity contribution >= 4 is 118 Å². The van der Waals surface area contributed by atoms with Crippen molar-refractivity contribution in [1.29, 1.82) is 0 Å². The van der Waals surface area contributed by atoms with Gasteiger partial charge in [-0.15, -0.1) is 11.3 Å². The van der Waals surface area contributed by atoms with Gasteiger partial charge < -0.3 is 8.83 Å². The molecule has 3 heterocycles. The molecule has 0 unspecified atom stereocenters. The highest BCUT2D eigenvalue weighted by molar-refractivity contribution is 7.25. The zero-order valence-corrected chi connectivity index (χ0v) is 33.5. The zero-order chi connectivity index (χ0) is 39.8. The summed E-state index contributed by atoms with van der Waals surface area (Å²) in [6.07, 6.45) is 0. The number of hydrogen-bond acceptors (Lipinski definition) is 3. The normalized spacial score (nSPS) is 12.3. The van der Waals surface area contributed by atoms with E-state index in [4.69, 9.17) is 8.83 Å². The topological polar surface area (TPSA) is 26.3 Å². The second kappa shape index (κ2) is 12.4. The number of furan rings is 2. The van der Waals surface area contributed by atoms with Crippen molar-refractivity contribution in [1.82, 2.24) is 0 Å². The fourth-order valence-electron chi connectivity index (χ4n) is 10.3. The summed E-state index contributed by atoms with van der Waals surface area (Å²) >= 11 is 1.87. The van der Waals surface area contributed by atoms with Crippen LogP contribution in [0.3, 0.4) is 0 Å². The van der Waals surface area contributed by atoms with Crippen molar-refractivity contribution in [2.24, 2.45) is 0 Å². The Bertz CT molecular complexity index is 4120. The van der Waals surface area contributed by atoms with E-state index in [1.54, 1.807) is 0 Å². The van der Waals surface area contributed by atoms with Crippen LogP contribution in [0.25, 0.3) is 141 Å². The number of rotatable bonds is 3. The minimum absolute atomic E-state index is 0.839. The van der Waals surface area contributed by atoms with E-state index in [0.717, 1.165) is 43.9 Å². The van der Waals surface area contributed by atoms with Gasteiger partial charge in [0.05, 0.1) is 0 Å². The summed E-state index contributed by atoms with van der Waals surface area (Å²) < 4.78 is 15.3. The van der Waals surface area contributed by atoms with Crippen molar-refractivity contribution in [2.75, 3.05) is 0 Å². The first-order valence-electron chi connectivity index (χ1n) is 20.8. The average Bonchev–Trinajstić information content (AvgIpc) is 3.98. The molecular weight excluding hydrogens is 761 g/mol. The van der Waals surface area contributed by atoms with Gasteiger partial charge in [0.25, 0.3) is 0 Å². The van der Waals surface area contributed by atoms with E-state index in [-0.39, 0.29) is 0 Å². The molecule has 0 radical (unpaired) electrons. The van der Waals surface area contributed by atoms with Gasteiger partial charge >= 0.3 is 0 Å². The summed E-state index contributed by atoms with van der Waals surface area (Å²) in [6.45, 7) is 0. The van der Waals surface area contributed by atoms with Crippen molar-refractivity contribution in [3.8, 4) is 33.4 Å². The predicted molar refractivity (Wildman–Crippen MR) is 260 cm³/mol. The van der Waals surface area contributed by atoms with Crippen LogP contribution in [0.15, 0.2) is 203 Å². The van der Waals surface area contributed by atoms with Crippen LogP contribution in [-0.2, 0) is 0 Å². The second-order valence-corrected chi connectivity index (χ2v) is 17.4. The van der Waals surface area contributed by atoms with Gasteiger partial charge in [0.2, 0.25) is 0 Å². The maximum Gasteiger partial charge on any atom is 0.139 e. The van der Waals surface area contributed by atoms with E-state index in [2.05, 4.69) is 176 Å². The number of para-hydroxylation sites is 1. The first kappa shape index (κ1) is 33.1. The molecule has 0 spiro atoms. The SMILES string of the molecule is c1cc(-c2ccc3sc4cc(-c5c6ccccc6c(-c6cccc7ccccc67)c6ccccc56)ccc4c3c2)c2cc3oc4cc5oc6ccccc6c5cc4c3cc2c1. The Labute approximate surface area is 353 Å². The highest BCUT2D eigenvalue weighted by Crippen LogP contribution is 2.47. The van der Waals surface area contributed by atoms with Crippen molar-refractivity contribution in [3.05, 3.63) is 194 Å². The maximum absolute atomic E-state index is 6.56. The van der Waals surface area contributed by atoms with Gasteiger partial charge in [-0.2, -0.15) is 0 Å². The Hall–Kier alpha value is -7.72. The molecular formula is C58H32O2S. The highest BCUT2D eigenvalue weighted by Gasteiger charge is 2.20. The number of hydrogen-bond donors (Lipinski definition) is 0. The molecule has 0 aliphatic rings. The molecule has 3 aromatic heterocycles. The first-order chi connectivity index (χ1) is 30.2. The lowest BCUT2D eigenvalue weighted by Gasteiger charge is -2.18. The third-order valence-electron chi connectivity index (χ3n) is 13.0. The minimum atomic E-state index is 0.839. The highest BCUT2D eigenvalue weighted by atomic mass is 32.1. The molecule has 0 saturated heterocycles. The largest absolute Gasteiger partial charge is 0.456 e. The Balaban J connectivity index is 0.916. The lowest BCUT2D eigenvalue weighted by molar-refractivity contribution is 0.656. The molecule has 14 rings (SSSR count). The summed E-state index contributed by atoms with van der Waals surface area (Å²) in [5.74, 6) is 0.